The first-order valence-electron chi connectivity index (χ1n) is 10.1. The van der Waals surface area contributed by atoms with Crippen LogP contribution in [0.15, 0.2) is 95.5 Å². The third kappa shape index (κ3) is 5.20. The fourth-order valence-corrected chi connectivity index (χ4v) is 3.47. The Bertz CT molecular complexity index is 1080. The van der Waals surface area contributed by atoms with Gasteiger partial charge in [0, 0.05) is 17.5 Å². The van der Waals surface area contributed by atoms with Crippen LogP contribution in [0.1, 0.15) is 29.2 Å². The second kappa shape index (κ2) is 9.76. The van der Waals surface area contributed by atoms with E-state index in [0.717, 1.165) is 22.4 Å². The Morgan fingerprint density at radius 3 is 2.23 bits per heavy atom. The van der Waals surface area contributed by atoms with Gasteiger partial charge in [-0.05, 0) is 23.3 Å². The Morgan fingerprint density at radius 1 is 0.903 bits per heavy atom. The number of methoxy groups -OCH3 is 1. The number of esters is 1. The average molecular weight is 413 g/mol. The molecule has 31 heavy (non-hydrogen) atoms. The topological polar surface area (TPSA) is 61.6 Å². The first-order chi connectivity index (χ1) is 15.2. The molecule has 0 N–H and O–H groups in total. The van der Waals surface area contributed by atoms with Crippen LogP contribution in [0.3, 0.4) is 0 Å². The molecule has 5 heteroatoms. The smallest absolute Gasteiger partial charge is 0.307 e. The van der Waals surface area contributed by atoms with Crippen molar-refractivity contribution in [2.24, 2.45) is 0 Å². The summed E-state index contributed by atoms with van der Waals surface area (Å²) in [5.41, 5.74) is 3.56. The molecule has 0 spiro atoms. The van der Waals surface area contributed by atoms with Gasteiger partial charge in [-0.3, -0.25) is 4.79 Å². The summed E-state index contributed by atoms with van der Waals surface area (Å²) in [6.45, 7) is 0.0581. The first-order valence-corrected chi connectivity index (χ1v) is 10.1. The molecule has 0 saturated carbocycles. The highest BCUT2D eigenvalue weighted by atomic mass is 16.5. The monoisotopic (exact) mass is 413 g/mol. The van der Waals surface area contributed by atoms with Gasteiger partial charge in [0.15, 0.2) is 5.76 Å². The van der Waals surface area contributed by atoms with Crippen molar-refractivity contribution in [1.82, 2.24) is 5.16 Å². The minimum atomic E-state index is -0.288. The highest BCUT2D eigenvalue weighted by Gasteiger charge is 2.19. The molecule has 0 aliphatic rings. The fraction of sp³-hybridized carbons (Fsp3) is 0.154. The van der Waals surface area contributed by atoms with E-state index in [0.29, 0.717) is 11.5 Å². The molecule has 1 heterocycles. The van der Waals surface area contributed by atoms with E-state index < -0.39 is 0 Å². The van der Waals surface area contributed by atoms with Crippen LogP contribution in [0.5, 0.6) is 5.75 Å². The van der Waals surface area contributed by atoms with Crippen LogP contribution in [-0.4, -0.2) is 18.2 Å². The molecule has 1 aromatic heterocycles. The average Bonchev–Trinajstić information content (AvgIpc) is 3.31. The molecule has 0 atom stereocenters. The highest BCUT2D eigenvalue weighted by Crippen LogP contribution is 2.29. The Hall–Kier alpha value is -3.86. The Labute approximate surface area is 181 Å². The fourth-order valence-electron chi connectivity index (χ4n) is 3.47. The van der Waals surface area contributed by atoms with E-state index in [2.05, 4.69) is 5.16 Å². The molecule has 0 unspecified atom stereocenters. The molecule has 0 radical (unpaired) electrons. The number of carbonyl (C=O) groups is 1. The molecule has 4 rings (SSSR count). The molecule has 3 aromatic carbocycles. The molecule has 0 bridgehead atoms. The number of hydrogen-bond acceptors (Lipinski definition) is 5. The lowest BCUT2D eigenvalue weighted by Gasteiger charge is -2.17. The largest absolute Gasteiger partial charge is 0.497 e. The summed E-state index contributed by atoms with van der Waals surface area (Å²) < 4.78 is 16.2. The number of benzene rings is 3. The lowest BCUT2D eigenvalue weighted by atomic mass is 9.89. The number of aromatic nitrogens is 1. The maximum Gasteiger partial charge on any atom is 0.307 e. The summed E-state index contributed by atoms with van der Waals surface area (Å²) in [7, 11) is 1.61. The maximum absolute atomic E-state index is 12.6. The summed E-state index contributed by atoms with van der Waals surface area (Å²) in [5.74, 6) is 0.967. The highest BCUT2D eigenvalue weighted by molar-refractivity contribution is 5.71. The molecule has 5 nitrogen and oxygen atoms in total. The molecule has 0 aliphatic heterocycles. The van der Waals surface area contributed by atoms with Crippen LogP contribution in [0.2, 0.25) is 0 Å². The van der Waals surface area contributed by atoms with Crippen LogP contribution < -0.4 is 4.74 Å². The molecule has 156 valence electrons. The van der Waals surface area contributed by atoms with Crippen molar-refractivity contribution in [3.8, 4) is 17.1 Å². The van der Waals surface area contributed by atoms with E-state index in [-0.39, 0.29) is 24.9 Å². The second-order valence-corrected chi connectivity index (χ2v) is 7.15. The Kier molecular flexibility index (Phi) is 6.43. The van der Waals surface area contributed by atoms with E-state index in [1.54, 1.807) is 13.2 Å². The molecule has 0 fully saturated rings. The van der Waals surface area contributed by atoms with Crippen molar-refractivity contribution in [3.63, 3.8) is 0 Å². The van der Waals surface area contributed by atoms with Crippen LogP contribution in [0.25, 0.3) is 11.3 Å². The zero-order chi connectivity index (χ0) is 21.5. The zero-order valence-electron chi connectivity index (χ0n) is 17.2. The minimum absolute atomic E-state index is 0.0581. The number of ether oxygens (including phenoxy) is 2. The Balaban J connectivity index is 1.42. The van der Waals surface area contributed by atoms with Crippen molar-refractivity contribution in [1.29, 1.82) is 0 Å². The van der Waals surface area contributed by atoms with Crippen molar-refractivity contribution >= 4 is 5.97 Å². The van der Waals surface area contributed by atoms with E-state index in [1.165, 1.54) is 0 Å². The molecular weight excluding hydrogens is 390 g/mol. The van der Waals surface area contributed by atoms with Gasteiger partial charge in [-0.15, -0.1) is 0 Å². The summed E-state index contributed by atoms with van der Waals surface area (Å²) >= 11 is 0. The van der Waals surface area contributed by atoms with Crippen LogP contribution in [-0.2, 0) is 16.1 Å². The molecular formula is C26H23NO4. The normalized spacial score (nSPS) is 10.8. The first kappa shape index (κ1) is 20.4. The minimum Gasteiger partial charge on any atom is -0.497 e. The lowest BCUT2D eigenvalue weighted by Crippen LogP contribution is -2.12. The van der Waals surface area contributed by atoms with Gasteiger partial charge in [-0.1, -0.05) is 78.0 Å². The number of nitrogens with zero attached hydrogens (tertiary/aromatic N) is 1. The second-order valence-electron chi connectivity index (χ2n) is 7.15. The van der Waals surface area contributed by atoms with Gasteiger partial charge >= 0.3 is 5.97 Å². The van der Waals surface area contributed by atoms with E-state index >= 15 is 0 Å². The number of rotatable bonds is 8. The van der Waals surface area contributed by atoms with Gasteiger partial charge < -0.3 is 14.0 Å². The standard InChI is InChI=1S/C26H23NO4/c1-29-23-14-8-13-21(15-23)25-16-22(27-31-25)18-30-26(28)17-24(19-9-4-2-5-10-19)20-11-6-3-7-12-20/h2-16,24H,17-18H2,1H3. The van der Waals surface area contributed by atoms with Gasteiger partial charge in [0.2, 0.25) is 0 Å². The summed E-state index contributed by atoms with van der Waals surface area (Å²) in [5, 5.41) is 4.02. The maximum atomic E-state index is 12.6. The van der Waals surface area contributed by atoms with Gasteiger partial charge in [0.05, 0.1) is 13.5 Å². The van der Waals surface area contributed by atoms with Crippen molar-refractivity contribution in [2.45, 2.75) is 18.9 Å². The van der Waals surface area contributed by atoms with Gasteiger partial charge in [0.25, 0.3) is 0 Å². The van der Waals surface area contributed by atoms with Gasteiger partial charge in [-0.2, -0.15) is 0 Å². The van der Waals surface area contributed by atoms with Crippen molar-refractivity contribution < 1.29 is 18.8 Å². The third-order valence-electron chi connectivity index (χ3n) is 5.07. The van der Waals surface area contributed by atoms with Crippen LogP contribution >= 0.6 is 0 Å². The summed E-state index contributed by atoms with van der Waals surface area (Å²) in [6.07, 6.45) is 0.245. The zero-order valence-corrected chi connectivity index (χ0v) is 17.2. The van der Waals surface area contributed by atoms with Gasteiger partial charge in [-0.25, -0.2) is 0 Å². The predicted molar refractivity (Wildman–Crippen MR) is 118 cm³/mol. The van der Waals surface area contributed by atoms with Crippen molar-refractivity contribution in [2.75, 3.05) is 7.11 Å². The summed E-state index contributed by atoms with van der Waals surface area (Å²) in [6, 6.07) is 29.2. The number of carbonyl (C=O) groups excluding carboxylic acids is 1. The quantitative estimate of drug-likeness (QED) is 0.351. The van der Waals surface area contributed by atoms with E-state index in [1.807, 2.05) is 84.9 Å². The predicted octanol–water partition coefficient (Wildman–Crippen LogP) is 5.62. The Morgan fingerprint density at radius 2 is 1.58 bits per heavy atom. The summed E-state index contributed by atoms with van der Waals surface area (Å²) in [4.78, 5) is 12.6. The van der Waals surface area contributed by atoms with Crippen LogP contribution in [0.4, 0.5) is 0 Å². The molecule has 0 aliphatic carbocycles. The SMILES string of the molecule is COc1cccc(-c2cc(COC(=O)CC(c3ccccc3)c3ccccc3)no2)c1. The van der Waals surface area contributed by atoms with Crippen LogP contribution in [0, 0.1) is 0 Å². The van der Waals surface area contributed by atoms with E-state index in [9.17, 15) is 4.79 Å². The van der Waals surface area contributed by atoms with E-state index in [4.69, 9.17) is 14.0 Å². The molecule has 0 amide bonds. The number of hydrogen-bond donors (Lipinski definition) is 0. The third-order valence-corrected chi connectivity index (χ3v) is 5.07. The molecule has 0 saturated heterocycles. The molecule has 4 aromatic rings. The lowest BCUT2D eigenvalue weighted by molar-refractivity contribution is -0.145. The van der Waals surface area contributed by atoms with Crippen molar-refractivity contribution in [3.05, 3.63) is 108 Å². The van der Waals surface area contributed by atoms with Gasteiger partial charge in [0.1, 0.15) is 18.1 Å².